The number of pyridine rings is 1. The molecule has 0 fully saturated rings. The van der Waals surface area contributed by atoms with Crippen LogP contribution in [0.3, 0.4) is 0 Å². The van der Waals surface area contributed by atoms with E-state index in [1.54, 1.807) is 62.5 Å². The molecule has 3 aromatic rings. The Balaban J connectivity index is 1.98. The van der Waals surface area contributed by atoms with E-state index in [1.807, 2.05) is 6.07 Å². The molecule has 160 valence electrons. The molecule has 7 nitrogen and oxygen atoms in total. The molecule has 1 heterocycles. The zero-order chi connectivity index (χ0) is 22.5. The smallest absolute Gasteiger partial charge is 0.313 e. The van der Waals surface area contributed by atoms with Gasteiger partial charge in [-0.15, -0.1) is 0 Å². The second-order valence-corrected chi connectivity index (χ2v) is 7.34. The molecule has 3 rings (SSSR count). The van der Waals surface area contributed by atoms with E-state index in [-0.39, 0.29) is 23.4 Å². The summed E-state index contributed by atoms with van der Waals surface area (Å²) in [7, 11) is 1.43. The number of esters is 1. The van der Waals surface area contributed by atoms with E-state index in [4.69, 9.17) is 15.2 Å². The van der Waals surface area contributed by atoms with Gasteiger partial charge in [0.1, 0.15) is 11.7 Å². The van der Waals surface area contributed by atoms with Crippen LogP contribution in [-0.4, -0.2) is 29.1 Å². The van der Waals surface area contributed by atoms with Crippen molar-refractivity contribution in [3.63, 3.8) is 0 Å². The number of nitrogens with zero attached hydrogens (tertiary/aromatic N) is 1. The number of methoxy groups -OCH3 is 1. The Bertz CT molecular complexity index is 1110. The summed E-state index contributed by atoms with van der Waals surface area (Å²) in [6.07, 6.45) is 1.59. The van der Waals surface area contributed by atoms with Crippen LogP contribution in [0.2, 0.25) is 0 Å². The lowest BCUT2D eigenvalue weighted by molar-refractivity contribution is -0.137. The van der Waals surface area contributed by atoms with Gasteiger partial charge in [-0.25, -0.2) is 0 Å². The molecule has 0 aliphatic heterocycles. The van der Waals surface area contributed by atoms with Crippen LogP contribution in [0.1, 0.15) is 31.0 Å². The molecule has 0 aliphatic rings. The van der Waals surface area contributed by atoms with E-state index in [0.29, 0.717) is 17.0 Å². The van der Waals surface area contributed by atoms with Gasteiger partial charge in [-0.05, 0) is 53.1 Å². The lowest BCUT2D eigenvalue weighted by atomic mass is 9.92. The highest BCUT2D eigenvalue weighted by Gasteiger charge is 2.23. The summed E-state index contributed by atoms with van der Waals surface area (Å²) in [4.78, 5) is 28.5. The second-order valence-electron chi connectivity index (χ2n) is 7.34. The number of nitrogens with two attached hydrogens (primary N) is 1. The average Bonchev–Trinajstić information content (AvgIpc) is 2.75. The second kappa shape index (κ2) is 9.30. The first kappa shape index (κ1) is 21.8. The van der Waals surface area contributed by atoms with Crippen molar-refractivity contribution in [1.29, 1.82) is 0 Å². The summed E-state index contributed by atoms with van der Waals surface area (Å²) >= 11 is 0. The lowest BCUT2D eigenvalue weighted by Gasteiger charge is -2.16. The van der Waals surface area contributed by atoms with E-state index in [9.17, 15) is 14.7 Å². The van der Waals surface area contributed by atoms with E-state index >= 15 is 0 Å². The predicted molar refractivity (Wildman–Crippen MR) is 116 cm³/mol. The number of carbonyl (C=O) groups excluding carboxylic acids is 2. The third-order valence-electron chi connectivity index (χ3n) is 4.76. The van der Waals surface area contributed by atoms with Crippen molar-refractivity contribution >= 4 is 11.9 Å². The number of phenols is 1. The summed E-state index contributed by atoms with van der Waals surface area (Å²) < 4.78 is 10.5. The van der Waals surface area contributed by atoms with Gasteiger partial charge in [-0.1, -0.05) is 32.0 Å². The Hall–Kier alpha value is -3.87. The minimum Gasteiger partial charge on any atom is -0.504 e. The number of benzene rings is 2. The fourth-order valence-corrected chi connectivity index (χ4v) is 3.11. The molecule has 0 saturated heterocycles. The van der Waals surface area contributed by atoms with Crippen molar-refractivity contribution in [2.75, 3.05) is 7.11 Å². The highest BCUT2D eigenvalue weighted by molar-refractivity contribution is 5.86. The lowest BCUT2D eigenvalue weighted by Crippen LogP contribution is -2.23. The fraction of sp³-hybridized carbons (Fsp3) is 0.208. The van der Waals surface area contributed by atoms with E-state index in [0.717, 1.165) is 11.1 Å². The Morgan fingerprint density at radius 2 is 1.77 bits per heavy atom. The number of aromatic nitrogens is 1. The van der Waals surface area contributed by atoms with Crippen LogP contribution in [0.5, 0.6) is 17.2 Å². The molecule has 2 aromatic carbocycles. The third kappa shape index (κ3) is 5.01. The van der Waals surface area contributed by atoms with Crippen molar-refractivity contribution in [3.05, 3.63) is 72.1 Å². The van der Waals surface area contributed by atoms with Crippen molar-refractivity contribution in [2.45, 2.75) is 19.8 Å². The predicted octanol–water partition coefficient (Wildman–Crippen LogP) is 3.64. The molecule has 0 aliphatic carbocycles. The van der Waals surface area contributed by atoms with Gasteiger partial charge in [0.15, 0.2) is 11.5 Å². The van der Waals surface area contributed by atoms with Gasteiger partial charge in [0, 0.05) is 6.20 Å². The Morgan fingerprint density at radius 3 is 2.45 bits per heavy atom. The number of hydrogen-bond acceptors (Lipinski definition) is 6. The SMILES string of the molecule is COc1cc(C(C(N)=O)c2cc(-c3cccc(OC(=O)C(C)C)c3)ccn2)ccc1O. The molecule has 1 amide bonds. The Labute approximate surface area is 180 Å². The van der Waals surface area contributed by atoms with Crippen molar-refractivity contribution in [1.82, 2.24) is 4.98 Å². The Kier molecular flexibility index (Phi) is 6.55. The topological polar surface area (TPSA) is 112 Å². The first-order valence-corrected chi connectivity index (χ1v) is 9.74. The van der Waals surface area contributed by atoms with Crippen LogP contribution < -0.4 is 15.2 Å². The molecule has 0 spiro atoms. The number of aromatic hydroxyl groups is 1. The normalized spacial score (nSPS) is 11.7. The fourth-order valence-electron chi connectivity index (χ4n) is 3.11. The van der Waals surface area contributed by atoms with Crippen LogP contribution in [0.15, 0.2) is 60.8 Å². The summed E-state index contributed by atoms with van der Waals surface area (Å²) in [5.74, 6) is -1.35. The highest BCUT2D eigenvalue weighted by Crippen LogP contribution is 2.33. The molecule has 7 heteroatoms. The average molecular weight is 420 g/mol. The highest BCUT2D eigenvalue weighted by atomic mass is 16.5. The standard InChI is InChI=1S/C24H24N2O5/c1-14(2)24(29)31-18-6-4-5-15(11-18)16-9-10-26-19(12-16)22(23(25)28)17-7-8-20(27)21(13-17)30-3/h4-14,22,27H,1-3H3,(H2,25,28). The van der Waals surface area contributed by atoms with Crippen LogP contribution in [-0.2, 0) is 9.59 Å². The van der Waals surface area contributed by atoms with Crippen molar-refractivity contribution in [3.8, 4) is 28.4 Å². The number of ether oxygens (including phenoxy) is 2. The number of rotatable bonds is 7. The first-order chi connectivity index (χ1) is 14.8. The number of amides is 1. The minimum atomic E-state index is -0.837. The molecule has 3 N–H and O–H groups in total. The molecular formula is C24H24N2O5. The summed E-state index contributed by atoms with van der Waals surface area (Å²) in [5.41, 5.74) is 8.26. The monoisotopic (exact) mass is 420 g/mol. The van der Waals surface area contributed by atoms with Crippen molar-refractivity contribution in [2.24, 2.45) is 11.7 Å². The van der Waals surface area contributed by atoms with Gasteiger partial charge >= 0.3 is 5.97 Å². The van der Waals surface area contributed by atoms with E-state index < -0.39 is 11.8 Å². The quantitative estimate of drug-likeness (QED) is 0.446. The van der Waals surface area contributed by atoms with Crippen LogP contribution in [0.4, 0.5) is 0 Å². The van der Waals surface area contributed by atoms with E-state index in [1.165, 1.54) is 13.2 Å². The van der Waals surface area contributed by atoms with Gasteiger partial charge in [0.05, 0.1) is 18.7 Å². The minimum absolute atomic E-state index is 0.0380. The number of phenolic OH excluding ortho intramolecular Hbond substituents is 1. The molecule has 1 aromatic heterocycles. The number of hydrogen-bond donors (Lipinski definition) is 2. The van der Waals surface area contributed by atoms with Gasteiger partial charge in [0.2, 0.25) is 5.91 Å². The van der Waals surface area contributed by atoms with Gasteiger partial charge in [-0.2, -0.15) is 0 Å². The summed E-state index contributed by atoms with van der Waals surface area (Å²) in [6, 6.07) is 15.3. The third-order valence-corrected chi connectivity index (χ3v) is 4.76. The number of carbonyl (C=O) groups is 2. The maximum Gasteiger partial charge on any atom is 0.313 e. The largest absolute Gasteiger partial charge is 0.504 e. The van der Waals surface area contributed by atoms with E-state index in [2.05, 4.69) is 4.98 Å². The zero-order valence-electron chi connectivity index (χ0n) is 17.5. The Morgan fingerprint density at radius 1 is 1.03 bits per heavy atom. The summed E-state index contributed by atoms with van der Waals surface area (Å²) in [5, 5.41) is 9.85. The molecule has 0 bridgehead atoms. The van der Waals surface area contributed by atoms with Crippen LogP contribution in [0.25, 0.3) is 11.1 Å². The zero-order valence-corrected chi connectivity index (χ0v) is 17.5. The summed E-state index contributed by atoms with van der Waals surface area (Å²) in [6.45, 7) is 3.53. The van der Waals surface area contributed by atoms with Gasteiger partial charge < -0.3 is 20.3 Å². The molecule has 0 saturated carbocycles. The maximum atomic E-state index is 12.3. The number of primary amides is 1. The van der Waals surface area contributed by atoms with Crippen molar-refractivity contribution < 1.29 is 24.2 Å². The molecular weight excluding hydrogens is 396 g/mol. The van der Waals surface area contributed by atoms with Crippen LogP contribution in [0, 0.1) is 5.92 Å². The molecule has 0 radical (unpaired) electrons. The molecule has 1 unspecified atom stereocenters. The maximum absolute atomic E-state index is 12.3. The van der Waals surface area contributed by atoms with Crippen LogP contribution >= 0.6 is 0 Å². The molecule has 1 atom stereocenters. The molecule has 31 heavy (non-hydrogen) atoms. The first-order valence-electron chi connectivity index (χ1n) is 9.74. The van der Waals surface area contributed by atoms with Gasteiger partial charge in [0.25, 0.3) is 0 Å². The van der Waals surface area contributed by atoms with Gasteiger partial charge in [-0.3, -0.25) is 14.6 Å².